The van der Waals surface area contributed by atoms with Crippen LogP contribution in [0.3, 0.4) is 0 Å². The van der Waals surface area contributed by atoms with E-state index in [4.69, 9.17) is 9.47 Å². The molecule has 1 aliphatic heterocycles. The second kappa shape index (κ2) is 9.10. The monoisotopic (exact) mass is 345 g/mol. The number of nitrogens with zero attached hydrogens (tertiary/aromatic N) is 3. The zero-order valence-electron chi connectivity index (χ0n) is 14.8. The number of β-amino-alcohol motifs (C(OH)–C–C–N with tert-alkyl or cyclic N) is 1. The summed E-state index contributed by atoms with van der Waals surface area (Å²) in [5, 5.41) is 14.5. The van der Waals surface area contributed by atoms with Crippen LogP contribution in [0.5, 0.6) is 0 Å². The summed E-state index contributed by atoms with van der Waals surface area (Å²) in [5.74, 6) is 0. The molecule has 6 heteroatoms. The van der Waals surface area contributed by atoms with Crippen LogP contribution in [0.4, 0.5) is 0 Å². The highest BCUT2D eigenvalue weighted by Crippen LogP contribution is 2.09. The van der Waals surface area contributed by atoms with Crippen LogP contribution in [-0.2, 0) is 22.6 Å². The molecule has 1 fully saturated rings. The summed E-state index contributed by atoms with van der Waals surface area (Å²) >= 11 is 0. The molecule has 25 heavy (non-hydrogen) atoms. The Morgan fingerprint density at radius 1 is 1.36 bits per heavy atom. The first-order valence-corrected chi connectivity index (χ1v) is 8.82. The quantitative estimate of drug-likeness (QED) is 0.785. The maximum absolute atomic E-state index is 10.2. The van der Waals surface area contributed by atoms with Crippen LogP contribution >= 0.6 is 0 Å². The third-order valence-corrected chi connectivity index (χ3v) is 4.27. The van der Waals surface area contributed by atoms with Crippen molar-refractivity contribution in [2.24, 2.45) is 0 Å². The molecule has 1 aliphatic rings. The van der Waals surface area contributed by atoms with Crippen molar-refractivity contribution in [3.8, 4) is 0 Å². The van der Waals surface area contributed by atoms with Crippen LogP contribution < -0.4 is 0 Å². The highest BCUT2D eigenvalue weighted by atomic mass is 16.5. The molecule has 6 nitrogen and oxygen atoms in total. The van der Waals surface area contributed by atoms with Gasteiger partial charge in [-0.2, -0.15) is 5.10 Å². The largest absolute Gasteiger partial charge is 0.389 e. The third kappa shape index (κ3) is 5.93. The molecular formula is C19H27N3O3. The summed E-state index contributed by atoms with van der Waals surface area (Å²) in [6.07, 6.45) is 3.49. The van der Waals surface area contributed by atoms with Gasteiger partial charge in [0, 0.05) is 25.8 Å². The lowest BCUT2D eigenvalue weighted by Gasteiger charge is -2.34. The Morgan fingerprint density at radius 3 is 2.96 bits per heavy atom. The van der Waals surface area contributed by atoms with Gasteiger partial charge in [-0.1, -0.05) is 30.3 Å². The van der Waals surface area contributed by atoms with Crippen molar-refractivity contribution in [1.29, 1.82) is 0 Å². The predicted octanol–water partition coefficient (Wildman–Crippen LogP) is 1.47. The van der Waals surface area contributed by atoms with E-state index in [1.165, 1.54) is 0 Å². The van der Waals surface area contributed by atoms with Crippen molar-refractivity contribution < 1.29 is 14.6 Å². The molecule has 3 rings (SSSR count). The van der Waals surface area contributed by atoms with Gasteiger partial charge in [0.25, 0.3) is 0 Å². The van der Waals surface area contributed by atoms with Crippen molar-refractivity contribution in [1.82, 2.24) is 14.7 Å². The third-order valence-electron chi connectivity index (χ3n) is 4.27. The summed E-state index contributed by atoms with van der Waals surface area (Å²) in [6.45, 7) is 6.57. The van der Waals surface area contributed by atoms with Crippen LogP contribution in [-0.4, -0.2) is 64.8 Å². The van der Waals surface area contributed by atoms with Gasteiger partial charge in [0.15, 0.2) is 0 Å². The normalized spacial score (nSPS) is 19.8. The van der Waals surface area contributed by atoms with Crippen LogP contribution in [0, 0.1) is 6.92 Å². The molecule has 0 bridgehead atoms. The van der Waals surface area contributed by atoms with E-state index in [0.29, 0.717) is 26.4 Å². The van der Waals surface area contributed by atoms with E-state index in [9.17, 15) is 5.11 Å². The van der Waals surface area contributed by atoms with Crippen LogP contribution in [0.2, 0.25) is 0 Å². The first-order valence-electron chi connectivity index (χ1n) is 8.82. The van der Waals surface area contributed by atoms with Gasteiger partial charge in [-0.3, -0.25) is 9.58 Å². The van der Waals surface area contributed by atoms with E-state index in [1.54, 1.807) is 0 Å². The van der Waals surface area contributed by atoms with Crippen molar-refractivity contribution >= 4 is 0 Å². The predicted molar refractivity (Wildman–Crippen MR) is 95.2 cm³/mol. The maximum Gasteiger partial charge on any atom is 0.0900 e. The second-order valence-corrected chi connectivity index (χ2v) is 6.65. The molecular weight excluding hydrogens is 318 g/mol. The Balaban J connectivity index is 1.38. The first kappa shape index (κ1) is 18.1. The van der Waals surface area contributed by atoms with Crippen LogP contribution in [0.15, 0.2) is 42.7 Å². The molecule has 2 aromatic rings. The van der Waals surface area contributed by atoms with Gasteiger partial charge in [0.2, 0.25) is 0 Å². The number of rotatable bonds is 8. The molecule has 0 amide bonds. The van der Waals surface area contributed by atoms with Crippen molar-refractivity contribution in [2.75, 3.05) is 32.8 Å². The van der Waals surface area contributed by atoms with Gasteiger partial charge in [-0.05, 0) is 18.1 Å². The zero-order valence-corrected chi connectivity index (χ0v) is 14.8. The number of aliphatic hydroxyl groups excluding tert-OH is 1. The number of aryl methyl sites for hydroxylation is 1. The van der Waals surface area contributed by atoms with Crippen LogP contribution in [0.1, 0.15) is 11.1 Å². The Hall–Kier alpha value is -1.73. The summed E-state index contributed by atoms with van der Waals surface area (Å²) in [5.41, 5.74) is 2.27. The lowest BCUT2D eigenvalue weighted by atomic mass is 10.2. The molecule has 2 heterocycles. The number of aromatic nitrogens is 2. The summed E-state index contributed by atoms with van der Waals surface area (Å²) in [7, 11) is 0. The number of morpholine rings is 1. The molecule has 0 aliphatic carbocycles. The van der Waals surface area contributed by atoms with Gasteiger partial charge < -0.3 is 14.6 Å². The number of hydrogen-bond donors (Lipinski definition) is 1. The van der Waals surface area contributed by atoms with Crippen LogP contribution in [0.25, 0.3) is 0 Å². The summed E-state index contributed by atoms with van der Waals surface area (Å²) in [4.78, 5) is 2.24. The average molecular weight is 345 g/mol. The topological polar surface area (TPSA) is 59.8 Å². The fraction of sp³-hybridized carbons (Fsp3) is 0.526. The molecule has 1 aromatic heterocycles. The lowest BCUT2D eigenvalue weighted by molar-refractivity contribution is -0.0583. The number of hydrogen-bond acceptors (Lipinski definition) is 5. The van der Waals surface area contributed by atoms with E-state index >= 15 is 0 Å². The minimum atomic E-state index is -0.491. The van der Waals surface area contributed by atoms with Crippen molar-refractivity contribution in [2.45, 2.75) is 32.3 Å². The van der Waals surface area contributed by atoms with Gasteiger partial charge in [-0.25, -0.2) is 0 Å². The van der Waals surface area contributed by atoms with E-state index in [2.05, 4.69) is 10.00 Å². The molecule has 0 unspecified atom stereocenters. The van der Waals surface area contributed by atoms with E-state index in [1.807, 2.05) is 54.3 Å². The van der Waals surface area contributed by atoms with E-state index < -0.39 is 6.10 Å². The van der Waals surface area contributed by atoms with Gasteiger partial charge in [-0.15, -0.1) is 0 Å². The zero-order chi connectivity index (χ0) is 17.5. The molecule has 0 radical (unpaired) electrons. The smallest absolute Gasteiger partial charge is 0.0900 e. The summed E-state index contributed by atoms with van der Waals surface area (Å²) in [6, 6.07) is 10.0. The molecule has 0 spiro atoms. The van der Waals surface area contributed by atoms with Crippen molar-refractivity contribution in [3.05, 3.63) is 53.9 Å². The maximum atomic E-state index is 10.2. The number of aliphatic hydroxyl groups is 1. The standard InChI is InChI=1S/C19H27N3O3/c1-16-9-20-22(10-16)13-19-12-21(7-8-25-19)11-18(23)15-24-14-17-5-3-2-4-6-17/h2-6,9-10,18-19,23H,7-8,11-15H2,1H3/t18-,19+/m0/s1. The Bertz CT molecular complexity index is 632. The molecule has 1 saturated heterocycles. The van der Waals surface area contributed by atoms with Crippen molar-refractivity contribution in [3.63, 3.8) is 0 Å². The van der Waals surface area contributed by atoms with E-state index in [-0.39, 0.29) is 6.10 Å². The second-order valence-electron chi connectivity index (χ2n) is 6.65. The number of benzene rings is 1. The summed E-state index contributed by atoms with van der Waals surface area (Å²) < 4.78 is 13.4. The molecule has 0 saturated carbocycles. The average Bonchev–Trinajstić information content (AvgIpc) is 3.01. The molecule has 2 atom stereocenters. The minimum absolute atomic E-state index is 0.102. The first-order chi connectivity index (χ1) is 12.2. The molecule has 1 aromatic carbocycles. The SMILES string of the molecule is Cc1cnn(C[C@H]2CN(C[C@H](O)COCc3ccccc3)CCO2)c1. The fourth-order valence-corrected chi connectivity index (χ4v) is 3.07. The Labute approximate surface area is 149 Å². The van der Waals surface area contributed by atoms with E-state index in [0.717, 1.165) is 30.8 Å². The minimum Gasteiger partial charge on any atom is -0.389 e. The van der Waals surface area contributed by atoms with Gasteiger partial charge >= 0.3 is 0 Å². The Morgan fingerprint density at radius 2 is 2.20 bits per heavy atom. The lowest BCUT2D eigenvalue weighted by Crippen LogP contribution is -2.47. The van der Waals surface area contributed by atoms with Gasteiger partial charge in [0.1, 0.15) is 0 Å². The van der Waals surface area contributed by atoms with Gasteiger partial charge in [0.05, 0.1) is 44.8 Å². The Kier molecular flexibility index (Phi) is 6.58. The fourth-order valence-electron chi connectivity index (χ4n) is 3.07. The number of ether oxygens (including phenoxy) is 2. The molecule has 1 N–H and O–H groups in total. The molecule has 136 valence electrons. The highest BCUT2D eigenvalue weighted by molar-refractivity contribution is 5.13. The highest BCUT2D eigenvalue weighted by Gasteiger charge is 2.23.